The van der Waals surface area contributed by atoms with Crippen LogP contribution >= 0.6 is 11.8 Å². The fourth-order valence-electron chi connectivity index (χ4n) is 1.84. The molecule has 1 aliphatic heterocycles. The smallest absolute Gasteiger partial charge is 0.327 e. The Labute approximate surface area is 116 Å². The van der Waals surface area contributed by atoms with Crippen LogP contribution in [0, 0.1) is 0 Å². The van der Waals surface area contributed by atoms with Gasteiger partial charge >= 0.3 is 12.0 Å². The van der Waals surface area contributed by atoms with Crippen molar-refractivity contribution in [3.05, 3.63) is 0 Å². The highest BCUT2D eigenvalue weighted by atomic mass is 32.2. The molecule has 8 heteroatoms. The average Bonchev–Trinajstić information content (AvgIpc) is 2.42. The number of nitrogens with zero attached hydrogens (tertiary/aromatic N) is 2. The van der Waals surface area contributed by atoms with Gasteiger partial charge in [0.05, 0.1) is 13.2 Å². The summed E-state index contributed by atoms with van der Waals surface area (Å²) in [7, 11) is 1.53. The van der Waals surface area contributed by atoms with Crippen molar-refractivity contribution in [3.8, 4) is 0 Å². The van der Waals surface area contributed by atoms with Crippen molar-refractivity contribution >= 4 is 23.8 Å². The number of carbonyl (C=O) groups is 2. The highest BCUT2D eigenvalue weighted by molar-refractivity contribution is 7.99. The molecule has 0 aromatic heterocycles. The number of carbonyl (C=O) groups excluding carboxylic acids is 1. The number of urea groups is 1. The summed E-state index contributed by atoms with van der Waals surface area (Å²) in [6.07, 6.45) is 0. The first-order valence-corrected chi connectivity index (χ1v) is 7.23. The molecule has 2 amide bonds. The molecule has 7 nitrogen and oxygen atoms in total. The first-order chi connectivity index (χ1) is 9.11. The second-order valence-corrected chi connectivity index (χ2v) is 5.26. The van der Waals surface area contributed by atoms with Crippen LogP contribution in [-0.4, -0.2) is 89.5 Å². The van der Waals surface area contributed by atoms with Gasteiger partial charge in [0, 0.05) is 38.2 Å². The first-order valence-electron chi connectivity index (χ1n) is 6.07. The molecular formula is C11H20N2O5S. The standard InChI is InChI=1S/C11H20N2O5S/c1-18-6-3-12(2-5-14)11(17)13-4-7-19-8-9(13)10(15)16/h9,14H,2-8H2,1H3,(H,15,16). The molecule has 1 aliphatic rings. The van der Waals surface area contributed by atoms with Crippen LogP contribution in [0.25, 0.3) is 0 Å². The van der Waals surface area contributed by atoms with Gasteiger partial charge in [0.1, 0.15) is 6.04 Å². The minimum atomic E-state index is -0.990. The van der Waals surface area contributed by atoms with Gasteiger partial charge in [0.15, 0.2) is 0 Å². The van der Waals surface area contributed by atoms with Crippen molar-refractivity contribution in [3.63, 3.8) is 0 Å². The van der Waals surface area contributed by atoms with E-state index in [2.05, 4.69) is 0 Å². The Bertz CT molecular complexity index is 315. The summed E-state index contributed by atoms with van der Waals surface area (Å²) in [6, 6.07) is -1.14. The number of aliphatic carboxylic acids is 1. The normalized spacial score (nSPS) is 19.3. The predicted octanol–water partition coefficient (Wildman–Crippen LogP) is -0.451. The number of aliphatic hydroxyl groups is 1. The summed E-state index contributed by atoms with van der Waals surface area (Å²) in [5.41, 5.74) is 0. The van der Waals surface area contributed by atoms with E-state index in [-0.39, 0.29) is 19.2 Å². The van der Waals surface area contributed by atoms with Gasteiger partial charge in [0.25, 0.3) is 0 Å². The van der Waals surface area contributed by atoms with Crippen LogP contribution in [-0.2, 0) is 9.53 Å². The van der Waals surface area contributed by atoms with Crippen LogP contribution in [0.15, 0.2) is 0 Å². The zero-order chi connectivity index (χ0) is 14.3. The highest BCUT2D eigenvalue weighted by Gasteiger charge is 2.34. The minimum absolute atomic E-state index is 0.157. The second-order valence-electron chi connectivity index (χ2n) is 4.11. The van der Waals surface area contributed by atoms with Gasteiger partial charge in [-0.1, -0.05) is 0 Å². The Hall–Kier alpha value is -0.990. The number of rotatable bonds is 6. The van der Waals surface area contributed by atoms with Gasteiger partial charge in [-0.3, -0.25) is 0 Å². The van der Waals surface area contributed by atoms with E-state index in [9.17, 15) is 9.59 Å². The predicted molar refractivity (Wildman–Crippen MR) is 71.4 cm³/mol. The van der Waals surface area contributed by atoms with E-state index in [1.807, 2.05) is 0 Å². The van der Waals surface area contributed by atoms with E-state index < -0.39 is 12.0 Å². The zero-order valence-electron chi connectivity index (χ0n) is 10.9. The third-order valence-electron chi connectivity index (χ3n) is 2.86. The monoisotopic (exact) mass is 292 g/mol. The molecule has 19 heavy (non-hydrogen) atoms. The number of hydrogen-bond donors (Lipinski definition) is 2. The molecule has 1 fully saturated rings. The van der Waals surface area contributed by atoms with E-state index in [0.717, 1.165) is 5.75 Å². The van der Waals surface area contributed by atoms with Crippen molar-refractivity contribution in [2.24, 2.45) is 0 Å². The maximum atomic E-state index is 12.3. The van der Waals surface area contributed by atoms with Gasteiger partial charge in [-0.25, -0.2) is 9.59 Å². The van der Waals surface area contributed by atoms with Crippen LogP contribution in [0.1, 0.15) is 0 Å². The maximum Gasteiger partial charge on any atom is 0.327 e. The molecule has 1 atom stereocenters. The summed E-state index contributed by atoms with van der Waals surface area (Å²) in [5, 5.41) is 18.1. The summed E-state index contributed by atoms with van der Waals surface area (Å²) in [6.45, 7) is 1.13. The molecule has 0 aromatic carbocycles. The fourth-order valence-corrected chi connectivity index (χ4v) is 2.88. The van der Waals surface area contributed by atoms with E-state index in [0.29, 0.717) is 25.4 Å². The molecule has 1 unspecified atom stereocenters. The maximum absolute atomic E-state index is 12.3. The van der Waals surface area contributed by atoms with Crippen molar-refractivity contribution < 1.29 is 24.5 Å². The van der Waals surface area contributed by atoms with Crippen molar-refractivity contribution in [2.75, 3.05) is 51.5 Å². The van der Waals surface area contributed by atoms with Gasteiger partial charge in [-0.15, -0.1) is 0 Å². The van der Waals surface area contributed by atoms with E-state index in [4.69, 9.17) is 14.9 Å². The topological polar surface area (TPSA) is 90.3 Å². The number of methoxy groups -OCH3 is 1. The number of carboxylic acid groups (broad SMARTS) is 1. The summed E-state index contributed by atoms with van der Waals surface area (Å²) < 4.78 is 4.92. The number of aliphatic hydroxyl groups excluding tert-OH is 1. The Morgan fingerprint density at radius 2 is 2.21 bits per heavy atom. The van der Waals surface area contributed by atoms with Gasteiger partial charge in [0.2, 0.25) is 0 Å². The number of ether oxygens (including phenoxy) is 1. The second kappa shape index (κ2) is 8.23. The Morgan fingerprint density at radius 1 is 1.47 bits per heavy atom. The van der Waals surface area contributed by atoms with E-state index in [1.54, 1.807) is 0 Å². The largest absolute Gasteiger partial charge is 0.480 e. The first kappa shape index (κ1) is 16.1. The number of carboxylic acids is 1. The fraction of sp³-hybridized carbons (Fsp3) is 0.818. The Balaban J connectivity index is 2.71. The van der Waals surface area contributed by atoms with Crippen molar-refractivity contribution in [1.82, 2.24) is 9.80 Å². The van der Waals surface area contributed by atoms with Crippen molar-refractivity contribution in [2.45, 2.75) is 6.04 Å². The van der Waals surface area contributed by atoms with Crippen LogP contribution in [0.5, 0.6) is 0 Å². The van der Waals surface area contributed by atoms with Gasteiger partial charge in [-0.2, -0.15) is 11.8 Å². The molecule has 0 radical (unpaired) electrons. The lowest BCUT2D eigenvalue weighted by atomic mass is 10.3. The molecule has 0 aromatic rings. The van der Waals surface area contributed by atoms with E-state index >= 15 is 0 Å². The summed E-state index contributed by atoms with van der Waals surface area (Å²) in [4.78, 5) is 26.3. The average molecular weight is 292 g/mol. The Morgan fingerprint density at radius 3 is 2.79 bits per heavy atom. The molecule has 2 N–H and O–H groups in total. The van der Waals surface area contributed by atoms with Gasteiger partial charge in [-0.05, 0) is 0 Å². The van der Waals surface area contributed by atoms with E-state index in [1.165, 1.54) is 28.7 Å². The molecule has 1 heterocycles. The minimum Gasteiger partial charge on any atom is -0.480 e. The number of thioether (sulfide) groups is 1. The van der Waals surface area contributed by atoms with Crippen molar-refractivity contribution in [1.29, 1.82) is 0 Å². The number of hydrogen-bond acceptors (Lipinski definition) is 5. The third-order valence-corrected chi connectivity index (χ3v) is 3.89. The SMILES string of the molecule is COCCN(CCO)C(=O)N1CCSCC1C(=O)O. The molecule has 110 valence electrons. The molecule has 0 bridgehead atoms. The van der Waals surface area contributed by atoms with Crippen LogP contribution in [0.2, 0.25) is 0 Å². The highest BCUT2D eigenvalue weighted by Crippen LogP contribution is 2.18. The molecule has 1 saturated heterocycles. The van der Waals surface area contributed by atoms with Crippen LogP contribution < -0.4 is 0 Å². The lowest BCUT2D eigenvalue weighted by Crippen LogP contribution is -2.55. The molecule has 0 spiro atoms. The quantitative estimate of drug-likeness (QED) is 0.689. The molecular weight excluding hydrogens is 272 g/mol. The lowest BCUT2D eigenvalue weighted by Gasteiger charge is -2.36. The number of amides is 2. The van der Waals surface area contributed by atoms with Crippen LogP contribution in [0.3, 0.4) is 0 Å². The summed E-state index contributed by atoms with van der Waals surface area (Å²) >= 11 is 1.53. The zero-order valence-corrected chi connectivity index (χ0v) is 11.8. The molecule has 1 rings (SSSR count). The van der Waals surface area contributed by atoms with Crippen LogP contribution in [0.4, 0.5) is 4.79 Å². The molecule has 0 aliphatic carbocycles. The summed E-state index contributed by atoms with van der Waals surface area (Å²) in [5.74, 6) is 0.140. The Kier molecular flexibility index (Phi) is 6.96. The third kappa shape index (κ3) is 4.55. The molecule has 0 saturated carbocycles. The van der Waals surface area contributed by atoms with Gasteiger partial charge < -0.3 is 24.7 Å². The lowest BCUT2D eigenvalue weighted by molar-refractivity contribution is -0.141.